The fourth-order valence-electron chi connectivity index (χ4n) is 16.5. The molecule has 0 saturated heterocycles. The summed E-state index contributed by atoms with van der Waals surface area (Å²) >= 11 is 0. The van der Waals surface area contributed by atoms with E-state index < -0.39 is 0 Å². The Morgan fingerprint density at radius 1 is 0.134 bits per heavy atom. The summed E-state index contributed by atoms with van der Waals surface area (Å²) in [6.07, 6.45) is 0. The Bertz CT molecular complexity index is 6820. The van der Waals surface area contributed by atoms with Crippen LogP contribution in [0.1, 0.15) is 0 Å². The molecule has 4 heterocycles. The Labute approximate surface area is 645 Å². The molecule has 528 valence electrons. The van der Waals surface area contributed by atoms with Crippen molar-refractivity contribution < 1.29 is 17.7 Å². The molecular weight excluding hydrogens is 1370 g/mol. The molecule has 4 aromatic heterocycles. The monoisotopic (exact) mass is 1440 g/mol. The molecule has 0 saturated carbocycles. The first-order valence-electron chi connectivity index (χ1n) is 37.9. The molecule has 8 heteroatoms. The zero-order valence-electron chi connectivity index (χ0n) is 60.7. The molecule has 0 unspecified atom stereocenters. The van der Waals surface area contributed by atoms with Gasteiger partial charge in [-0.2, -0.15) is 0 Å². The lowest BCUT2D eigenvalue weighted by atomic mass is 10.0. The lowest BCUT2D eigenvalue weighted by molar-refractivity contribution is 0.668. The third-order valence-electron chi connectivity index (χ3n) is 21.7. The van der Waals surface area contributed by atoms with Crippen molar-refractivity contribution in [2.75, 3.05) is 19.6 Å². The molecule has 0 aliphatic heterocycles. The Morgan fingerprint density at radius 3 is 0.643 bits per heavy atom. The highest BCUT2D eigenvalue weighted by Crippen LogP contribution is 2.50. The molecular formula is C104H68N4O4. The van der Waals surface area contributed by atoms with Crippen molar-refractivity contribution in [3.8, 4) is 22.3 Å². The van der Waals surface area contributed by atoms with Gasteiger partial charge in [0.25, 0.3) is 0 Å². The maximum absolute atomic E-state index is 6.62. The number of benzene rings is 18. The lowest BCUT2D eigenvalue weighted by Crippen LogP contribution is -2.11. The van der Waals surface area contributed by atoms with E-state index in [0.29, 0.717) is 0 Å². The van der Waals surface area contributed by atoms with Crippen LogP contribution in [-0.4, -0.2) is 0 Å². The molecule has 0 radical (unpaired) electrons. The molecule has 0 N–H and O–H groups in total. The van der Waals surface area contributed by atoms with Crippen molar-refractivity contribution in [2.24, 2.45) is 0 Å². The molecule has 0 bridgehead atoms. The van der Waals surface area contributed by atoms with Crippen LogP contribution in [0.5, 0.6) is 0 Å². The highest BCUT2D eigenvalue weighted by Gasteiger charge is 2.26. The fraction of sp³-hybridized carbons (Fsp3) is 0. The maximum Gasteiger partial charge on any atom is 0.159 e. The minimum absolute atomic E-state index is 0.861. The summed E-state index contributed by atoms with van der Waals surface area (Å²) < 4.78 is 26.2. The normalized spacial score (nSPS) is 11.6. The number of rotatable bonds is 14. The first-order valence-corrected chi connectivity index (χ1v) is 37.9. The largest absolute Gasteiger partial charge is 0.454 e. The average Bonchev–Trinajstić information content (AvgIpc) is 1.15. The van der Waals surface area contributed by atoms with Gasteiger partial charge < -0.3 is 37.3 Å². The highest BCUT2D eigenvalue weighted by atomic mass is 16.3. The van der Waals surface area contributed by atoms with Gasteiger partial charge in [0.1, 0.15) is 22.3 Å². The summed E-state index contributed by atoms with van der Waals surface area (Å²) in [6.45, 7) is 0. The van der Waals surface area contributed by atoms with Crippen LogP contribution in [0, 0.1) is 0 Å². The standard InChI is InChI=1S/C56H36N2O2.C48H32N2O2/c1-3-17-43-39(13-1)15-9-23-49(43)57(51-25-11-21-47-45-19-5-7-27-53(45)59-55(47)51)41-33-29-37(30-34-41)38-31-35-42(36-32-38)58(50-24-10-16-40-14-2-4-18-44(40)50)52-26-12-22-48-46-20-6-8-28-54(46)60-56(48)52;1-3-13-35(14-4-1)49(43-21-11-19-41-39-17-7-9-23-45(39)51-47(41)43)37-29-25-33(26-30-37)34-27-31-38(32-28-34)50(36-15-5-2-6-16-36)44-22-12-20-42-40-18-8-10-24-46(40)52-48(42)44/h1-36H;1-32H. The van der Waals surface area contributed by atoms with Gasteiger partial charge in [-0.3, -0.25) is 0 Å². The number of anilines is 12. The lowest BCUT2D eigenvalue weighted by Gasteiger charge is -2.27. The number of nitrogens with zero attached hydrogens (tertiary/aromatic N) is 4. The third kappa shape index (κ3) is 11.4. The Kier molecular flexibility index (Phi) is 16.1. The number of para-hydroxylation sites is 10. The first kappa shape index (κ1) is 65.2. The van der Waals surface area contributed by atoms with Gasteiger partial charge in [-0.05, 0) is 166 Å². The third-order valence-corrected chi connectivity index (χ3v) is 21.7. The van der Waals surface area contributed by atoms with Gasteiger partial charge in [-0.25, -0.2) is 0 Å². The van der Waals surface area contributed by atoms with Crippen LogP contribution in [0.2, 0.25) is 0 Å². The molecule has 22 aromatic rings. The van der Waals surface area contributed by atoms with E-state index in [2.05, 4.69) is 371 Å². The quantitative estimate of drug-likeness (QED) is 0.107. The van der Waals surface area contributed by atoms with Crippen molar-refractivity contribution >= 4 is 178 Å². The molecule has 0 amide bonds. The van der Waals surface area contributed by atoms with Crippen LogP contribution in [0.4, 0.5) is 68.2 Å². The van der Waals surface area contributed by atoms with Gasteiger partial charge in [0.15, 0.2) is 22.3 Å². The van der Waals surface area contributed by atoms with Gasteiger partial charge >= 0.3 is 0 Å². The second-order valence-corrected chi connectivity index (χ2v) is 28.2. The van der Waals surface area contributed by atoms with Crippen LogP contribution in [0.15, 0.2) is 430 Å². The Hall–Kier alpha value is -15.1. The first-order chi connectivity index (χ1) is 55.6. The van der Waals surface area contributed by atoms with Gasteiger partial charge in [0, 0.05) is 88.0 Å². The maximum atomic E-state index is 6.62. The topological polar surface area (TPSA) is 65.5 Å². The molecule has 0 aliphatic carbocycles. The fourth-order valence-corrected chi connectivity index (χ4v) is 16.5. The summed E-state index contributed by atoms with van der Waals surface area (Å²) in [6, 6.07) is 145. The van der Waals surface area contributed by atoms with Crippen LogP contribution in [0.3, 0.4) is 0 Å². The number of hydrogen-bond donors (Lipinski definition) is 0. The molecule has 22 rings (SSSR count). The minimum Gasteiger partial charge on any atom is -0.454 e. The number of hydrogen-bond acceptors (Lipinski definition) is 8. The number of fused-ring (bicyclic) bond motifs is 14. The van der Waals surface area contributed by atoms with Gasteiger partial charge in [-0.1, -0.05) is 279 Å². The highest BCUT2D eigenvalue weighted by molar-refractivity contribution is 6.15. The zero-order chi connectivity index (χ0) is 74.0. The molecule has 8 nitrogen and oxygen atoms in total. The Balaban J connectivity index is 0.000000143. The van der Waals surface area contributed by atoms with Crippen molar-refractivity contribution in [3.63, 3.8) is 0 Å². The smallest absolute Gasteiger partial charge is 0.159 e. The molecule has 18 aromatic carbocycles. The van der Waals surface area contributed by atoms with E-state index in [4.69, 9.17) is 17.7 Å². The van der Waals surface area contributed by atoms with E-state index in [1.54, 1.807) is 0 Å². The SMILES string of the molecule is c1ccc(N(c2ccc(-c3ccc(N(c4ccccc4)c4cccc5c4oc4ccccc45)cc3)cc2)c2cccc3c2oc2ccccc23)cc1.c1ccc2c(N(c3ccc(-c4ccc(N(c5cccc6ccccc56)c5cccc6c5oc5ccccc56)cc4)cc3)c3cccc4c3oc3ccccc34)cccc2c1. The van der Waals surface area contributed by atoms with E-state index in [1.807, 2.05) is 60.7 Å². The molecule has 0 spiro atoms. The van der Waals surface area contributed by atoms with Crippen molar-refractivity contribution in [1.29, 1.82) is 0 Å². The van der Waals surface area contributed by atoms with E-state index in [-0.39, 0.29) is 0 Å². The van der Waals surface area contributed by atoms with Crippen LogP contribution >= 0.6 is 0 Å². The van der Waals surface area contributed by atoms with Crippen LogP contribution < -0.4 is 19.6 Å². The summed E-state index contributed by atoms with van der Waals surface area (Å²) in [5.41, 5.74) is 24.0. The van der Waals surface area contributed by atoms with Gasteiger partial charge in [0.05, 0.1) is 34.1 Å². The van der Waals surface area contributed by atoms with Crippen LogP contribution in [-0.2, 0) is 0 Å². The Morgan fingerprint density at radius 2 is 0.339 bits per heavy atom. The zero-order valence-corrected chi connectivity index (χ0v) is 60.7. The predicted molar refractivity (Wildman–Crippen MR) is 467 cm³/mol. The predicted octanol–water partition coefficient (Wildman–Crippen LogP) is 30.5. The van der Waals surface area contributed by atoms with E-state index in [1.165, 1.54) is 21.5 Å². The summed E-state index contributed by atoms with van der Waals surface area (Å²) in [4.78, 5) is 9.21. The molecule has 0 aliphatic rings. The molecule has 0 atom stereocenters. The van der Waals surface area contributed by atoms with Gasteiger partial charge in [-0.15, -0.1) is 0 Å². The average molecular weight is 1440 g/mol. The van der Waals surface area contributed by atoms with Crippen molar-refractivity contribution in [3.05, 3.63) is 413 Å². The van der Waals surface area contributed by atoms with Gasteiger partial charge in [0.2, 0.25) is 0 Å². The van der Waals surface area contributed by atoms with E-state index in [9.17, 15) is 0 Å². The summed E-state index contributed by atoms with van der Waals surface area (Å²) in [5, 5.41) is 13.6. The van der Waals surface area contributed by atoms with E-state index >= 15 is 0 Å². The molecule has 0 fully saturated rings. The summed E-state index contributed by atoms with van der Waals surface area (Å²) in [7, 11) is 0. The minimum atomic E-state index is 0.861. The van der Waals surface area contributed by atoms with Crippen molar-refractivity contribution in [2.45, 2.75) is 0 Å². The summed E-state index contributed by atoms with van der Waals surface area (Å²) in [5.74, 6) is 0. The second kappa shape index (κ2) is 27.6. The second-order valence-electron chi connectivity index (χ2n) is 28.2. The van der Waals surface area contributed by atoms with E-state index in [0.717, 1.165) is 178 Å². The molecule has 112 heavy (non-hydrogen) atoms. The van der Waals surface area contributed by atoms with Crippen LogP contribution in [0.25, 0.3) is 132 Å². The van der Waals surface area contributed by atoms with Crippen molar-refractivity contribution in [1.82, 2.24) is 0 Å². The number of furan rings is 4.